The van der Waals surface area contributed by atoms with E-state index in [1.807, 2.05) is 68.4 Å². The van der Waals surface area contributed by atoms with Gasteiger partial charge in [-0.05, 0) is 62.4 Å². The highest BCUT2D eigenvalue weighted by Gasteiger charge is 2.08. The Kier molecular flexibility index (Phi) is 6.37. The number of anilines is 1. The maximum Gasteiger partial charge on any atom is 0.211 e. The van der Waals surface area contributed by atoms with Gasteiger partial charge in [0.25, 0.3) is 0 Å². The second kappa shape index (κ2) is 9.71. The standard InChI is InChI=1S/C27H23NO4/c1-19-3-9-22(10-4-19)30-25-15-26(31-23-11-5-20(2)6-12-23)17-27(16-25)32-24-13-7-21(8-14-24)28-18-29/h3-18H,1-2H3,(H,28,29). The number of ether oxygens (including phenoxy) is 3. The van der Waals surface area contributed by atoms with Gasteiger partial charge >= 0.3 is 0 Å². The van der Waals surface area contributed by atoms with Gasteiger partial charge in [0, 0.05) is 23.9 Å². The lowest BCUT2D eigenvalue weighted by molar-refractivity contribution is -0.105. The molecule has 4 aromatic carbocycles. The molecular weight excluding hydrogens is 402 g/mol. The normalized spacial score (nSPS) is 10.3. The fourth-order valence-electron chi connectivity index (χ4n) is 3.03. The van der Waals surface area contributed by atoms with E-state index in [2.05, 4.69) is 5.32 Å². The maximum atomic E-state index is 10.6. The van der Waals surface area contributed by atoms with Gasteiger partial charge in [0.05, 0.1) is 0 Å². The Bertz CT molecular complexity index is 1120. The molecule has 1 amide bonds. The van der Waals surface area contributed by atoms with Crippen LogP contribution in [-0.4, -0.2) is 6.41 Å². The molecule has 0 aliphatic rings. The van der Waals surface area contributed by atoms with E-state index in [1.54, 1.807) is 36.4 Å². The lowest BCUT2D eigenvalue weighted by Crippen LogP contribution is -1.93. The molecule has 0 aromatic heterocycles. The van der Waals surface area contributed by atoms with Gasteiger partial charge in [-0.25, -0.2) is 0 Å². The molecule has 0 aliphatic heterocycles. The summed E-state index contributed by atoms with van der Waals surface area (Å²) in [5, 5.41) is 2.60. The second-order valence-electron chi connectivity index (χ2n) is 7.36. The molecule has 5 heteroatoms. The second-order valence-corrected chi connectivity index (χ2v) is 7.36. The van der Waals surface area contributed by atoms with Gasteiger partial charge in [-0.3, -0.25) is 4.79 Å². The van der Waals surface area contributed by atoms with Crippen molar-refractivity contribution in [2.75, 3.05) is 5.32 Å². The van der Waals surface area contributed by atoms with Crippen molar-refractivity contribution in [2.24, 2.45) is 0 Å². The molecule has 0 bridgehead atoms. The first kappa shape index (κ1) is 21.0. The third-order valence-corrected chi connectivity index (χ3v) is 4.68. The molecule has 4 rings (SSSR count). The van der Waals surface area contributed by atoms with Crippen LogP contribution >= 0.6 is 0 Å². The lowest BCUT2D eigenvalue weighted by Gasteiger charge is -2.13. The molecule has 4 aromatic rings. The van der Waals surface area contributed by atoms with E-state index >= 15 is 0 Å². The molecule has 0 fully saturated rings. The molecule has 0 heterocycles. The summed E-state index contributed by atoms with van der Waals surface area (Å²) in [6, 6.07) is 28.2. The van der Waals surface area contributed by atoms with Gasteiger partial charge in [-0.1, -0.05) is 35.4 Å². The molecule has 0 saturated heterocycles. The molecule has 0 saturated carbocycles. The van der Waals surface area contributed by atoms with Crippen LogP contribution in [0.3, 0.4) is 0 Å². The number of hydrogen-bond donors (Lipinski definition) is 1. The zero-order valence-corrected chi connectivity index (χ0v) is 17.9. The number of aryl methyl sites for hydroxylation is 2. The molecule has 160 valence electrons. The van der Waals surface area contributed by atoms with Crippen molar-refractivity contribution in [3.05, 3.63) is 102 Å². The zero-order chi connectivity index (χ0) is 22.3. The van der Waals surface area contributed by atoms with E-state index in [4.69, 9.17) is 14.2 Å². The fourth-order valence-corrected chi connectivity index (χ4v) is 3.03. The quantitative estimate of drug-likeness (QED) is 0.302. The summed E-state index contributed by atoms with van der Waals surface area (Å²) in [7, 11) is 0. The van der Waals surface area contributed by atoms with Crippen molar-refractivity contribution >= 4 is 12.1 Å². The largest absolute Gasteiger partial charge is 0.457 e. The molecule has 32 heavy (non-hydrogen) atoms. The van der Waals surface area contributed by atoms with E-state index in [1.165, 1.54) is 0 Å². The number of carbonyl (C=O) groups excluding carboxylic acids is 1. The molecular formula is C27H23NO4. The number of carbonyl (C=O) groups is 1. The first-order valence-corrected chi connectivity index (χ1v) is 10.2. The van der Waals surface area contributed by atoms with E-state index in [0.717, 1.165) is 22.6 Å². The lowest BCUT2D eigenvalue weighted by atomic mass is 10.2. The predicted octanol–water partition coefficient (Wildman–Crippen LogP) is 7.25. The summed E-state index contributed by atoms with van der Waals surface area (Å²) >= 11 is 0. The molecule has 5 nitrogen and oxygen atoms in total. The third-order valence-electron chi connectivity index (χ3n) is 4.68. The highest BCUT2D eigenvalue weighted by Crippen LogP contribution is 2.35. The average Bonchev–Trinajstić information content (AvgIpc) is 2.78. The summed E-state index contributed by atoms with van der Waals surface area (Å²) in [6.45, 7) is 4.06. The first-order valence-electron chi connectivity index (χ1n) is 10.2. The average molecular weight is 425 g/mol. The first-order chi connectivity index (χ1) is 15.6. The Morgan fingerprint density at radius 3 is 1.22 bits per heavy atom. The summed E-state index contributed by atoms with van der Waals surface area (Å²) in [6.07, 6.45) is 0.635. The van der Waals surface area contributed by atoms with Crippen LogP contribution in [0.2, 0.25) is 0 Å². The Hall–Kier alpha value is -4.25. The van der Waals surface area contributed by atoms with Crippen LogP contribution in [0.15, 0.2) is 91.0 Å². The Balaban J connectivity index is 1.61. The Morgan fingerprint density at radius 1 is 0.531 bits per heavy atom. The molecule has 0 radical (unpaired) electrons. The van der Waals surface area contributed by atoms with Crippen LogP contribution in [0.5, 0.6) is 34.5 Å². The smallest absolute Gasteiger partial charge is 0.211 e. The monoisotopic (exact) mass is 425 g/mol. The summed E-state index contributed by atoms with van der Waals surface area (Å²) in [5.74, 6) is 3.81. The van der Waals surface area contributed by atoms with Crippen molar-refractivity contribution in [3.8, 4) is 34.5 Å². The van der Waals surface area contributed by atoms with Crippen LogP contribution < -0.4 is 19.5 Å². The van der Waals surface area contributed by atoms with Crippen LogP contribution in [-0.2, 0) is 4.79 Å². The minimum Gasteiger partial charge on any atom is -0.457 e. The highest BCUT2D eigenvalue weighted by molar-refractivity contribution is 5.71. The summed E-state index contributed by atoms with van der Waals surface area (Å²) < 4.78 is 18.1. The van der Waals surface area contributed by atoms with Crippen LogP contribution in [0.25, 0.3) is 0 Å². The maximum absolute atomic E-state index is 10.6. The van der Waals surface area contributed by atoms with Crippen LogP contribution in [0, 0.1) is 13.8 Å². The van der Waals surface area contributed by atoms with Crippen molar-refractivity contribution in [1.29, 1.82) is 0 Å². The number of nitrogens with one attached hydrogen (secondary N) is 1. The summed E-state index contributed by atoms with van der Waals surface area (Å²) in [4.78, 5) is 10.6. The van der Waals surface area contributed by atoms with E-state index < -0.39 is 0 Å². The van der Waals surface area contributed by atoms with Crippen molar-refractivity contribution in [1.82, 2.24) is 0 Å². The fraction of sp³-hybridized carbons (Fsp3) is 0.0741. The van der Waals surface area contributed by atoms with Gasteiger partial charge < -0.3 is 19.5 Å². The van der Waals surface area contributed by atoms with Gasteiger partial charge in [0.1, 0.15) is 34.5 Å². The Labute approximate surface area is 187 Å². The number of benzene rings is 4. The number of rotatable bonds is 8. The predicted molar refractivity (Wildman–Crippen MR) is 125 cm³/mol. The van der Waals surface area contributed by atoms with Crippen molar-refractivity contribution in [2.45, 2.75) is 13.8 Å². The van der Waals surface area contributed by atoms with E-state index in [-0.39, 0.29) is 0 Å². The SMILES string of the molecule is Cc1ccc(Oc2cc(Oc3ccc(C)cc3)cc(Oc3ccc(NC=O)cc3)c2)cc1. The zero-order valence-electron chi connectivity index (χ0n) is 17.9. The topological polar surface area (TPSA) is 56.8 Å². The third kappa shape index (κ3) is 5.67. The highest BCUT2D eigenvalue weighted by atomic mass is 16.5. The summed E-state index contributed by atoms with van der Waals surface area (Å²) in [5.41, 5.74) is 3.00. The van der Waals surface area contributed by atoms with Crippen LogP contribution in [0.1, 0.15) is 11.1 Å². The Morgan fingerprint density at radius 2 is 0.875 bits per heavy atom. The minimum absolute atomic E-state index is 0.563. The molecule has 0 unspecified atom stereocenters. The molecule has 1 N–H and O–H groups in total. The van der Waals surface area contributed by atoms with Crippen LogP contribution in [0.4, 0.5) is 5.69 Å². The van der Waals surface area contributed by atoms with Gasteiger partial charge in [0.15, 0.2) is 0 Å². The van der Waals surface area contributed by atoms with Gasteiger partial charge in [-0.15, -0.1) is 0 Å². The molecule has 0 atom stereocenters. The number of amides is 1. The number of hydrogen-bond acceptors (Lipinski definition) is 4. The van der Waals surface area contributed by atoms with Crippen molar-refractivity contribution in [3.63, 3.8) is 0 Å². The van der Waals surface area contributed by atoms with Gasteiger partial charge in [0.2, 0.25) is 6.41 Å². The molecule has 0 spiro atoms. The van der Waals surface area contributed by atoms with Gasteiger partial charge in [-0.2, -0.15) is 0 Å². The van der Waals surface area contributed by atoms with Crippen molar-refractivity contribution < 1.29 is 19.0 Å². The minimum atomic E-state index is 0.563. The molecule has 0 aliphatic carbocycles. The van der Waals surface area contributed by atoms with E-state index in [0.29, 0.717) is 35.1 Å². The van der Waals surface area contributed by atoms with E-state index in [9.17, 15) is 4.79 Å².